The number of hydrogen-bond donors (Lipinski definition) is 1. The highest BCUT2D eigenvalue weighted by molar-refractivity contribution is 6.00. The van der Waals surface area contributed by atoms with Crippen molar-refractivity contribution >= 4 is 23.9 Å². The van der Waals surface area contributed by atoms with Gasteiger partial charge in [-0.05, 0) is 26.3 Å². The predicted octanol–water partition coefficient (Wildman–Crippen LogP) is 3.10. The summed E-state index contributed by atoms with van der Waals surface area (Å²) in [5.41, 5.74) is -4.22. The molecule has 9 heteroatoms. The first kappa shape index (κ1) is 25.4. The Bertz CT molecular complexity index is 889. The van der Waals surface area contributed by atoms with Crippen molar-refractivity contribution in [2.45, 2.75) is 63.5 Å². The highest BCUT2D eigenvalue weighted by Crippen LogP contribution is 2.42. The molecule has 0 saturated carbocycles. The Labute approximate surface area is 186 Å². The van der Waals surface area contributed by atoms with E-state index in [1.165, 1.54) is 17.9 Å². The van der Waals surface area contributed by atoms with E-state index >= 15 is 4.39 Å². The number of rotatable bonds is 8. The summed E-state index contributed by atoms with van der Waals surface area (Å²) in [6, 6.07) is -1.07. The van der Waals surface area contributed by atoms with Crippen molar-refractivity contribution in [3.63, 3.8) is 0 Å². The Hall–Kier alpha value is -2.89. The Morgan fingerprint density at radius 1 is 1.53 bits per heavy atom. The SMILES string of the molecule is C#CC=C(NC(=O)C1C=CC(F)C=N1)C(C)(F)C(CF)C1(C)CC(=O)N(C)C(CCC)=N1. The quantitative estimate of drug-likeness (QED) is 0.456. The van der Waals surface area contributed by atoms with E-state index in [0.717, 1.165) is 25.3 Å². The van der Waals surface area contributed by atoms with Gasteiger partial charge in [0.1, 0.15) is 11.9 Å². The molecule has 1 N–H and O–H groups in total. The summed E-state index contributed by atoms with van der Waals surface area (Å²) < 4.78 is 43.8. The Kier molecular flexibility index (Phi) is 8.05. The molecule has 32 heavy (non-hydrogen) atoms. The minimum Gasteiger partial charge on any atom is -0.324 e. The van der Waals surface area contributed by atoms with Crippen LogP contribution >= 0.6 is 0 Å². The molecule has 2 heterocycles. The average molecular weight is 451 g/mol. The molecule has 2 amide bonds. The normalized spacial score (nSPS) is 28.6. The molecule has 0 bridgehead atoms. The number of carbonyl (C=O) groups excluding carboxylic acids is 2. The molecule has 0 spiro atoms. The number of nitrogens with zero attached hydrogens (tertiary/aromatic N) is 3. The van der Waals surface area contributed by atoms with Crippen molar-refractivity contribution in [3.8, 4) is 12.3 Å². The minimum absolute atomic E-state index is 0.199. The van der Waals surface area contributed by atoms with Crippen LogP contribution in [0.25, 0.3) is 0 Å². The monoisotopic (exact) mass is 450 g/mol. The first-order valence-electron chi connectivity index (χ1n) is 10.4. The number of dihydropyridines is 1. The van der Waals surface area contributed by atoms with Gasteiger partial charge < -0.3 is 10.2 Å². The topological polar surface area (TPSA) is 74.1 Å². The molecule has 0 radical (unpaired) electrons. The largest absolute Gasteiger partial charge is 0.324 e. The van der Waals surface area contributed by atoms with Crippen LogP contribution in [0.5, 0.6) is 0 Å². The van der Waals surface area contributed by atoms with Gasteiger partial charge in [-0.25, -0.2) is 8.78 Å². The van der Waals surface area contributed by atoms with Gasteiger partial charge >= 0.3 is 0 Å². The second kappa shape index (κ2) is 10.2. The lowest BCUT2D eigenvalue weighted by atomic mass is 9.72. The maximum atomic E-state index is 16.2. The standard InChI is InChI=1S/C23H29F3N4O2/c1-6-8-18(28-21(32)16-11-10-15(25)14-27-16)23(4,26)17(13-24)22(3)12-20(31)30(5)19(29-22)9-7-2/h1,8,10-11,14-17H,7,9,12-13H2,2-5H3,(H,28,32). The summed E-state index contributed by atoms with van der Waals surface area (Å²) in [5, 5.41) is 2.38. The second-order valence-electron chi connectivity index (χ2n) is 8.33. The first-order valence-corrected chi connectivity index (χ1v) is 10.4. The van der Waals surface area contributed by atoms with E-state index in [4.69, 9.17) is 6.42 Å². The number of aliphatic imine (C=N–C) groups is 2. The maximum absolute atomic E-state index is 16.2. The van der Waals surface area contributed by atoms with Gasteiger partial charge in [-0.15, -0.1) is 6.42 Å². The third-order valence-corrected chi connectivity index (χ3v) is 5.84. The number of hydrogen-bond acceptors (Lipinski definition) is 4. The van der Waals surface area contributed by atoms with Crippen molar-refractivity contribution < 1.29 is 22.8 Å². The maximum Gasteiger partial charge on any atom is 0.252 e. The van der Waals surface area contributed by atoms with E-state index in [-0.39, 0.29) is 18.0 Å². The lowest BCUT2D eigenvalue weighted by molar-refractivity contribution is -0.130. The van der Waals surface area contributed by atoms with Gasteiger partial charge in [0.15, 0.2) is 11.8 Å². The highest BCUT2D eigenvalue weighted by atomic mass is 19.2. The zero-order chi connectivity index (χ0) is 24.1. The fourth-order valence-corrected chi connectivity index (χ4v) is 3.94. The Morgan fingerprint density at radius 2 is 2.22 bits per heavy atom. The Morgan fingerprint density at radius 3 is 2.75 bits per heavy atom. The van der Waals surface area contributed by atoms with Crippen LogP contribution < -0.4 is 5.32 Å². The molecule has 2 aliphatic heterocycles. The number of amides is 2. The van der Waals surface area contributed by atoms with Crippen LogP contribution in [0.1, 0.15) is 40.0 Å². The smallest absolute Gasteiger partial charge is 0.252 e. The summed E-state index contributed by atoms with van der Waals surface area (Å²) in [4.78, 5) is 34.9. The van der Waals surface area contributed by atoms with Gasteiger partial charge in [-0.1, -0.05) is 18.9 Å². The number of allylic oxidation sites excluding steroid dienone is 3. The minimum atomic E-state index is -2.48. The van der Waals surface area contributed by atoms with E-state index in [0.29, 0.717) is 18.7 Å². The molecule has 174 valence electrons. The van der Waals surface area contributed by atoms with Gasteiger partial charge in [-0.3, -0.25) is 24.0 Å². The number of nitrogens with one attached hydrogen (secondary N) is 1. The number of carbonyl (C=O) groups is 2. The fourth-order valence-electron chi connectivity index (χ4n) is 3.94. The van der Waals surface area contributed by atoms with Gasteiger partial charge in [-0.2, -0.15) is 0 Å². The molecule has 0 aliphatic carbocycles. The molecule has 5 atom stereocenters. The molecule has 0 aromatic heterocycles. The predicted molar refractivity (Wildman–Crippen MR) is 118 cm³/mol. The van der Waals surface area contributed by atoms with Crippen LogP contribution in [0, 0.1) is 18.3 Å². The third kappa shape index (κ3) is 5.29. The molecule has 0 aromatic carbocycles. The summed E-state index contributed by atoms with van der Waals surface area (Å²) >= 11 is 0. The van der Waals surface area contributed by atoms with Crippen LogP contribution in [0.4, 0.5) is 13.2 Å². The Balaban J connectivity index is 2.39. The van der Waals surface area contributed by atoms with E-state index in [2.05, 4.69) is 21.2 Å². The molecule has 2 rings (SSSR count). The lowest BCUT2D eigenvalue weighted by Crippen LogP contribution is -2.56. The summed E-state index contributed by atoms with van der Waals surface area (Å²) in [6.45, 7) is 3.39. The summed E-state index contributed by atoms with van der Waals surface area (Å²) in [5.74, 6) is 0.158. The van der Waals surface area contributed by atoms with Gasteiger partial charge in [0.25, 0.3) is 5.91 Å². The highest BCUT2D eigenvalue weighted by Gasteiger charge is 2.52. The molecule has 0 fully saturated rings. The summed E-state index contributed by atoms with van der Waals surface area (Å²) in [6.07, 6.45) is 9.27. The second-order valence-corrected chi connectivity index (χ2v) is 8.33. The lowest BCUT2D eigenvalue weighted by Gasteiger charge is -2.44. The van der Waals surface area contributed by atoms with Gasteiger partial charge in [0, 0.05) is 25.8 Å². The summed E-state index contributed by atoms with van der Waals surface area (Å²) in [7, 11) is 1.58. The number of terminal acetylenes is 1. The number of amidine groups is 1. The molecule has 2 aliphatic rings. The average Bonchev–Trinajstić information content (AvgIpc) is 2.72. The van der Waals surface area contributed by atoms with Crippen molar-refractivity contribution in [1.29, 1.82) is 0 Å². The fraction of sp³-hybridized carbons (Fsp3) is 0.565. The van der Waals surface area contributed by atoms with E-state index < -0.39 is 41.9 Å². The van der Waals surface area contributed by atoms with E-state index in [9.17, 15) is 18.4 Å². The van der Waals surface area contributed by atoms with Crippen molar-refractivity contribution in [1.82, 2.24) is 10.2 Å². The van der Waals surface area contributed by atoms with Crippen molar-refractivity contribution in [2.24, 2.45) is 15.9 Å². The molecule has 0 saturated heterocycles. The number of alkyl halides is 3. The number of halogens is 3. The molecular formula is C23H29F3N4O2. The zero-order valence-corrected chi connectivity index (χ0v) is 18.7. The van der Waals surface area contributed by atoms with Crippen molar-refractivity contribution in [3.05, 3.63) is 23.9 Å². The molecule has 0 aromatic rings. The molecule has 5 unspecified atom stereocenters. The van der Waals surface area contributed by atoms with Crippen LogP contribution in [0.2, 0.25) is 0 Å². The molecular weight excluding hydrogens is 421 g/mol. The zero-order valence-electron chi connectivity index (χ0n) is 18.7. The van der Waals surface area contributed by atoms with E-state index in [1.54, 1.807) is 7.05 Å². The van der Waals surface area contributed by atoms with Crippen molar-refractivity contribution in [2.75, 3.05) is 13.7 Å². The first-order chi connectivity index (χ1) is 15.0. The van der Waals surface area contributed by atoms with Gasteiger partial charge in [0.05, 0.1) is 30.2 Å². The van der Waals surface area contributed by atoms with Crippen LogP contribution in [0.15, 0.2) is 33.9 Å². The van der Waals surface area contributed by atoms with Crippen LogP contribution in [-0.2, 0) is 9.59 Å². The van der Waals surface area contributed by atoms with Crippen LogP contribution in [0.3, 0.4) is 0 Å². The van der Waals surface area contributed by atoms with E-state index in [1.807, 2.05) is 6.92 Å². The van der Waals surface area contributed by atoms with Gasteiger partial charge in [0.2, 0.25) is 5.91 Å². The third-order valence-electron chi connectivity index (χ3n) is 5.84. The molecule has 6 nitrogen and oxygen atoms in total. The van der Waals surface area contributed by atoms with Crippen LogP contribution in [-0.4, -0.2) is 65.9 Å².